The van der Waals surface area contributed by atoms with Crippen molar-refractivity contribution in [3.05, 3.63) is 35.6 Å². The van der Waals surface area contributed by atoms with Crippen LogP contribution >= 0.6 is 0 Å². The van der Waals surface area contributed by atoms with E-state index in [1.54, 1.807) is 24.1 Å². The minimum atomic E-state index is -0.446. The average molecular weight is 264 g/mol. The fraction of sp³-hybridized carbons (Fsp3) is 0.533. The summed E-state index contributed by atoms with van der Waals surface area (Å²) < 4.78 is 13.5. The van der Waals surface area contributed by atoms with Gasteiger partial charge in [0.15, 0.2) is 0 Å². The van der Waals surface area contributed by atoms with Gasteiger partial charge in [-0.25, -0.2) is 4.39 Å². The van der Waals surface area contributed by atoms with Gasteiger partial charge in [0, 0.05) is 13.6 Å². The molecule has 4 heteroatoms. The van der Waals surface area contributed by atoms with E-state index in [4.69, 9.17) is 0 Å². The lowest BCUT2D eigenvalue weighted by atomic mass is 9.96. The summed E-state index contributed by atoms with van der Waals surface area (Å²) in [4.78, 5) is 13.7. The highest BCUT2D eigenvalue weighted by Gasteiger charge is 2.18. The molecule has 1 fully saturated rings. The zero-order valence-corrected chi connectivity index (χ0v) is 11.4. The molecule has 1 amide bonds. The van der Waals surface area contributed by atoms with Gasteiger partial charge in [-0.2, -0.15) is 0 Å². The first-order chi connectivity index (χ1) is 9.18. The van der Waals surface area contributed by atoms with E-state index in [9.17, 15) is 9.18 Å². The molecule has 1 N–H and O–H groups in total. The van der Waals surface area contributed by atoms with Crippen molar-refractivity contribution < 1.29 is 9.18 Å². The standard InChI is InChI=1S/C15H21FN2O/c1-18(10-8-12-5-4-9-17-11-12)15(19)13-6-2-3-7-14(13)16/h2-3,6-7,12,17H,4-5,8-11H2,1H3. The van der Waals surface area contributed by atoms with Crippen LogP contribution in [0, 0.1) is 11.7 Å². The quantitative estimate of drug-likeness (QED) is 0.905. The summed E-state index contributed by atoms with van der Waals surface area (Å²) in [7, 11) is 1.74. The molecule has 1 atom stereocenters. The van der Waals surface area contributed by atoms with Crippen LogP contribution in [0.5, 0.6) is 0 Å². The van der Waals surface area contributed by atoms with Crippen molar-refractivity contribution in [3.63, 3.8) is 0 Å². The lowest BCUT2D eigenvalue weighted by Crippen LogP contribution is -2.34. The summed E-state index contributed by atoms with van der Waals surface area (Å²) in [6.07, 6.45) is 3.40. The Labute approximate surface area is 113 Å². The molecule has 104 valence electrons. The Morgan fingerprint density at radius 3 is 2.95 bits per heavy atom. The topological polar surface area (TPSA) is 32.3 Å². The molecule has 1 aliphatic heterocycles. The zero-order valence-electron chi connectivity index (χ0n) is 11.4. The molecule has 1 unspecified atom stereocenters. The maximum atomic E-state index is 13.5. The molecule has 0 saturated carbocycles. The molecule has 1 saturated heterocycles. The molecule has 0 aliphatic carbocycles. The van der Waals surface area contributed by atoms with Gasteiger partial charge in [0.05, 0.1) is 5.56 Å². The summed E-state index contributed by atoms with van der Waals surface area (Å²) in [5.41, 5.74) is 0.159. The smallest absolute Gasteiger partial charge is 0.256 e. The van der Waals surface area contributed by atoms with Gasteiger partial charge in [-0.05, 0) is 50.4 Å². The molecule has 19 heavy (non-hydrogen) atoms. The predicted molar refractivity (Wildman–Crippen MR) is 73.6 cm³/mol. The number of benzene rings is 1. The van der Waals surface area contributed by atoms with Gasteiger partial charge in [-0.15, -0.1) is 0 Å². The van der Waals surface area contributed by atoms with E-state index >= 15 is 0 Å². The number of nitrogens with zero attached hydrogens (tertiary/aromatic N) is 1. The molecule has 0 radical (unpaired) electrons. The number of hydrogen-bond acceptors (Lipinski definition) is 2. The lowest BCUT2D eigenvalue weighted by molar-refractivity contribution is 0.0780. The highest BCUT2D eigenvalue weighted by Crippen LogP contribution is 2.15. The first-order valence-electron chi connectivity index (χ1n) is 6.89. The average Bonchev–Trinajstić information content (AvgIpc) is 2.45. The molecular weight excluding hydrogens is 243 g/mol. The van der Waals surface area contributed by atoms with Gasteiger partial charge >= 0.3 is 0 Å². The number of hydrogen-bond donors (Lipinski definition) is 1. The SMILES string of the molecule is CN(CCC1CCCNC1)C(=O)c1ccccc1F. The number of carbonyl (C=O) groups excluding carboxylic acids is 1. The fourth-order valence-corrected chi connectivity index (χ4v) is 2.49. The molecule has 1 aliphatic rings. The fourth-order valence-electron chi connectivity index (χ4n) is 2.49. The van der Waals surface area contributed by atoms with Crippen LogP contribution in [-0.4, -0.2) is 37.5 Å². The zero-order chi connectivity index (χ0) is 13.7. The van der Waals surface area contributed by atoms with Gasteiger partial charge in [-0.1, -0.05) is 12.1 Å². The van der Waals surface area contributed by atoms with Crippen LogP contribution in [0.15, 0.2) is 24.3 Å². The van der Waals surface area contributed by atoms with Crippen LogP contribution in [-0.2, 0) is 0 Å². The van der Waals surface area contributed by atoms with Crippen LogP contribution in [0.4, 0.5) is 4.39 Å². The molecule has 3 nitrogen and oxygen atoms in total. The summed E-state index contributed by atoms with van der Waals surface area (Å²) in [5, 5.41) is 3.37. The van der Waals surface area contributed by atoms with Crippen molar-refractivity contribution >= 4 is 5.91 Å². The third kappa shape index (κ3) is 3.77. The first kappa shape index (κ1) is 14.0. The van der Waals surface area contributed by atoms with E-state index < -0.39 is 5.82 Å². The van der Waals surface area contributed by atoms with Crippen LogP contribution in [0.3, 0.4) is 0 Å². The molecule has 0 spiro atoms. The molecule has 1 aromatic carbocycles. The van der Waals surface area contributed by atoms with E-state index in [2.05, 4.69) is 5.32 Å². The molecule has 0 bridgehead atoms. The Morgan fingerprint density at radius 1 is 1.47 bits per heavy atom. The molecule has 0 aromatic heterocycles. The van der Waals surface area contributed by atoms with Crippen LogP contribution < -0.4 is 5.32 Å². The van der Waals surface area contributed by atoms with E-state index in [0.717, 1.165) is 19.5 Å². The monoisotopic (exact) mass is 264 g/mol. The van der Waals surface area contributed by atoms with E-state index in [1.165, 1.54) is 25.0 Å². The highest BCUT2D eigenvalue weighted by molar-refractivity contribution is 5.94. The lowest BCUT2D eigenvalue weighted by Gasteiger charge is -2.25. The number of rotatable bonds is 4. The minimum Gasteiger partial charge on any atom is -0.342 e. The molecular formula is C15H21FN2O. The van der Waals surface area contributed by atoms with E-state index in [0.29, 0.717) is 12.5 Å². The number of carbonyl (C=O) groups is 1. The van der Waals surface area contributed by atoms with Gasteiger partial charge in [0.2, 0.25) is 0 Å². The van der Waals surface area contributed by atoms with Crippen molar-refractivity contribution in [2.75, 3.05) is 26.7 Å². The van der Waals surface area contributed by atoms with E-state index in [-0.39, 0.29) is 11.5 Å². The van der Waals surface area contributed by atoms with E-state index in [1.807, 2.05) is 0 Å². The summed E-state index contributed by atoms with van der Waals surface area (Å²) in [5.74, 6) is -0.0508. The van der Waals surface area contributed by atoms with Crippen LogP contribution in [0.1, 0.15) is 29.6 Å². The maximum Gasteiger partial charge on any atom is 0.256 e. The predicted octanol–water partition coefficient (Wildman–Crippen LogP) is 2.29. The molecule has 1 aromatic rings. The second kappa shape index (κ2) is 6.66. The second-order valence-electron chi connectivity index (χ2n) is 5.21. The maximum absolute atomic E-state index is 13.5. The Bertz CT molecular complexity index is 430. The van der Waals surface area contributed by atoms with Crippen molar-refractivity contribution in [1.82, 2.24) is 10.2 Å². The van der Waals surface area contributed by atoms with Gasteiger partial charge in [0.1, 0.15) is 5.82 Å². The van der Waals surface area contributed by atoms with Crippen LogP contribution in [0.2, 0.25) is 0 Å². The Hall–Kier alpha value is -1.42. The Morgan fingerprint density at radius 2 is 2.26 bits per heavy atom. The largest absolute Gasteiger partial charge is 0.342 e. The molecule has 2 rings (SSSR count). The Balaban J connectivity index is 1.87. The van der Waals surface area contributed by atoms with Crippen LogP contribution in [0.25, 0.3) is 0 Å². The van der Waals surface area contributed by atoms with Gasteiger partial charge in [0.25, 0.3) is 5.91 Å². The normalized spacial score (nSPS) is 19.2. The minimum absolute atomic E-state index is 0.159. The number of halogens is 1. The first-order valence-corrected chi connectivity index (χ1v) is 6.89. The number of amides is 1. The molecule has 1 heterocycles. The van der Waals surface area contributed by atoms with Gasteiger partial charge in [-0.3, -0.25) is 4.79 Å². The number of nitrogens with one attached hydrogen (secondary N) is 1. The second-order valence-corrected chi connectivity index (χ2v) is 5.21. The van der Waals surface area contributed by atoms with Crippen molar-refractivity contribution in [1.29, 1.82) is 0 Å². The summed E-state index contributed by atoms with van der Waals surface area (Å²) in [6.45, 7) is 2.81. The number of piperidine rings is 1. The van der Waals surface area contributed by atoms with Crippen molar-refractivity contribution in [2.24, 2.45) is 5.92 Å². The highest BCUT2D eigenvalue weighted by atomic mass is 19.1. The summed E-state index contributed by atoms with van der Waals surface area (Å²) >= 11 is 0. The van der Waals surface area contributed by atoms with Gasteiger partial charge < -0.3 is 10.2 Å². The summed E-state index contributed by atoms with van der Waals surface area (Å²) in [6, 6.07) is 6.15. The Kier molecular flexibility index (Phi) is 4.91. The third-order valence-electron chi connectivity index (χ3n) is 3.72. The third-order valence-corrected chi connectivity index (χ3v) is 3.72. The van der Waals surface area contributed by atoms with Crippen molar-refractivity contribution in [2.45, 2.75) is 19.3 Å². The van der Waals surface area contributed by atoms with Crippen molar-refractivity contribution in [3.8, 4) is 0 Å².